The van der Waals surface area contributed by atoms with Gasteiger partial charge in [-0.05, 0) is 49.9 Å². The Balaban J connectivity index is 1.34. The van der Waals surface area contributed by atoms with Crippen molar-refractivity contribution in [2.45, 2.75) is 56.4 Å². The first-order valence-electron chi connectivity index (χ1n) is 12.1. The number of fused-ring (bicyclic) bond motifs is 1. The van der Waals surface area contributed by atoms with Gasteiger partial charge in [0.2, 0.25) is 5.91 Å². The third kappa shape index (κ3) is 5.63. The molecule has 1 fully saturated rings. The van der Waals surface area contributed by atoms with Crippen molar-refractivity contribution in [1.82, 2.24) is 4.90 Å². The molecule has 0 bridgehead atoms. The molecular weight excluding hydrogens is 448 g/mol. The van der Waals surface area contributed by atoms with E-state index in [0.717, 1.165) is 37.8 Å². The Labute approximate surface area is 205 Å². The molecule has 0 N–H and O–H groups in total. The van der Waals surface area contributed by atoms with Crippen LogP contribution in [0.3, 0.4) is 0 Å². The SMILES string of the molecule is CCN(C(=O)COC(=O)c1ccccc1SCC(=O)N1CCc2ccccc21)C1CCCCC1. The molecule has 34 heavy (non-hydrogen) atoms. The lowest BCUT2D eigenvalue weighted by Crippen LogP contribution is -2.43. The van der Waals surface area contributed by atoms with Gasteiger partial charge < -0.3 is 14.5 Å². The number of nitrogens with zero attached hydrogens (tertiary/aromatic N) is 2. The third-order valence-electron chi connectivity index (χ3n) is 6.65. The highest BCUT2D eigenvalue weighted by molar-refractivity contribution is 8.00. The van der Waals surface area contributed by atoms with Gasteiger partial charge in [-0.2, -0.15) is 0 Å². The maximum Gasteiger partial charge on any atom is 0.339 e. The predicted molar refractivity (Wildman–Crippen MR) is 134 cm³/mol. The molecule has 0 saturated heterocycles. The Morgan fingerprint density at radius 2 is 1.76 bits per heavy atom. The molecule has 2 aliphatic rings. The molecule has 0 radical (unpaired) electrons. The molecule has 6 nitrogen and oxygen atoms in total. The lowest BCUT2D eigenvalue weighted by Gasteiger charge is -2.33. The highest BCUT2D eigenvalue weighted by Gasteiger charge is 2.26. The fourth-order valence-electron chi connectivity index (χ4n) is 4.89. The number of likely N-dealkylation sites (N-methyl/N-ethyl adjacent to an activating group) is 1. The van der Waals surface area contributed by atoms with Crippen molar-refractivity contribution in [3.05, 3.63) is 59.7 Å². The van der Waals surface area contributed by atoms with Gasteiger partial charge in [0, 0.05) is 29.7 Å². The van der Waals surface area contributed by atoms with Crippen LogP contribution in [0.5, 0.6) is 0 Å². The number of hydrogen-bond donors (Lipinski definition) is 0. The number of thioether (sulfide) groups is 1. The molecule has 4 rings (SSSR count). The minimum atomic E-state index is -0.532. The highest BCUT2D eigenvalue weighted by atomic mass is 32.2. The van der Waals surface area contributed by atoms with Gasteiger partial charge >= 0.3 is 5.97 Å². The monoisotopic (exact) mass is 480 g/mol. The van der Waals surface area contributed by atoms with Crippen molar-refractivity contribution in [2.75, 3.05) is 30.3 Å². The van der Waals surface area contributed by atoms with E-state index in [9.17, 15) is 14.4 Å². The molecule has 0 aromatic heterocycles. The second kappa shape index (κ2) is 11.6. The first-order chi connectivity index (χ1) is 16.6. The Hall–Kier alpha value is -2.80. The number of ether oxygens (including phenoxy) is 1. The van der Waals surface area contributed by atoms with E-state index >= 15 is 0 Å². The molecule has 180 valence electrons. The summed E-state index contributed by atoms with van der Waals surface area (Å²) in [5.41, 5.74) is 2.54. The maximum atomic E-state index is 12.9. The molecule has 7 heteroatoms. The molecule has 2 aromatic rings. The largest absolute Gasteiger partial charge is 0.452 e. The number of carbonyl (C=O) groups excluding carboxylic acids is 3. The van der Waals surface area contributed by atoms with E-state index in [1.54, 1.807) is 12.1 Å². The molecule has 1 aliphatic carbocycles. The van der Waals surface area contributed by atoms with Crippen LogP contribution in [0, 0.1) is 0 Å². The first-order valence-corrected chi connectivity index (χ1v) is 13.1. The summed E-state index contributed by atoms with van der Waals surface area (Å²) in [7, 11) is 0. The fourth-order valence-corrected chi connectivity index (χ4v) is 5.81. The molecule has 2 amide bonds. The molecule has 0 unspecified atom stereocenters. The van der Waals surface area contributed by atoms with E-state index in [1.807, 2.05) is 47.1 Å². The van der Waals surface area contributed by atoms with Gasteiger partial charge in [-0.25, -0.2) is 4.79 Å². The van der Waals surface area contributed by atoms with Crippen LogP contribution in [0.1, 0.15) is 54.9 Å². The summed E-state index contributed by atoms with van der Waals surface area (Å²) in [4.78, 5) is 42.8. The van der Waals surface area contributed by atoms with Gasteiger partial charge in [0.1, 0.15) is 0 Å². The maximum absolute atomic E-state index is 12.9. The molecule has 0 spiro atoms. The Morgan fingerprint density at radius 1 is 1.03 bits per heavy atom. The normalized spacial score (nSPS) is 15.6. The van der Waals surface area contributed by atoms with Crippen LogP contribution in [0.25, 0.3) is 0 Å². The van der Waals surface area contributed by atoms with Gasteiger partial charge in [-0.3, -0.25) is 9.59 Å². The van der Waals surface area contributed by atoms with Crippen LogP contribution < -0.4 is 4.90 Å². The van der Waals surface area contributed by atoms with E-state index in [4.69, 9.17) is 4.74 Å². The second-order valence-corrected chi connectivity index (χ2v) is 9.77. The zero-order valence-corrected chi connectivity index (χ0v) is 20.5. The molecule has 1 saturated carbocycles. The number of anilines is 1. The number of amides is 2. The fraction of sp³-hybridized carbons (Fsp3) is 0.444. The average Bonchev–Trinajstić information content (AvgIpc) is 3.31. The van der Waals surface area contributed by atoms with Crippen molar-refractivity contribution in [3.63, 3.8) is 0 Å². The van der Waals surface area contributed by atoms with Crippen molar-refractivity contribution in [1.29, 1.82) is 0 Å². The van der Waals surface area contributed by atoms with Gasteiger partial charge in [0.05, 0.1) is 11.3 Å². The van der Waals surface area contributed by atoms with Crippen LogP contribution in [0.15, 0.2) is 53.4 Å². The van der Waals surface area contributed by atoms with Crippen LogP contribution in [-0.2, 0) is 20.7 Å². The summed E-state index contributed by atoms with van der Waals surface area (Å²) in [5.74, 6) is -0.437. The number of hydrogen-bond acceptors (Lipinski definition) is 5. The number of esters is 1. The average molecular weight is 481 g/mol. The molecule has 2 aromatic carbocycles. The molecular formula is C27H32N2O4S. The van der Waals surface area contributed by atoms with E-state index in [1.165, 1.54) is 23.7 Å². The summed E-state index contributed by atoms with van der Waals surface area (Å²) in [6.45, 7) is 3.01. The van der Waals surface area contributed by atoms with Gasteiger partial charge in [-0.15, -0.1) is 11.8 Å². The van der Waals surface area contributed by atoms with Gasteiger partial charge in [0.15, 0.2) is 6.61 Å². The summed E-state index contributed by atoms with van der Waals surface area (Å²) in [6.07, 6.45) is 6.39. The van der Waals surface area contributed by atoms with Crippen molar-refractivity contribution in [2.24, 2.45) is 0 Å². The Bertz CT molecular complexity index is 1030. The lowest BCUT2D eigenvalue weighted by molar-refractivity contribution is -0.137. The van der Waals surface area contributed by atoms with E-state index < -0.39 is 5.97 Å². The predicted octanol–water partition coefficient (Wildman–Crippen LogP) is 4.71. The van der Waals surface area contributed by atoms with Crippen LogP contribution in [0.2, 0.25) is 0 Å². The minimum Gasteiger partial charge on any atom is -0.452 e. The smallest absolute Gasteiger partial charge is 0.339 e. The number of rotatable bonds is 8. The Kier molecular flexibility index (Phi) is 8.27. The summed E-state index contributed by atoms with van der Waals surface area (Å²) in [6, 6.07) is 15.3. The molecule has 1 aliphatic heterocycles. The Morgan fingerprint density at radius 3 is 2.56 bits per heavy atom. The van der Waals surface area contributed by atoms with E-state index in [-0.39, 0.29) is 30.2 Å². The zero-order chi connectivity index (χ0) is 23.9. The van der Waals surface area contributed by atoms with Crippen LogP contribution in [0.4, 0.5) is 5.69 Å². The summed E-state index contributed by atoms with van der Waals surface area (Å²) < 4.78 is 5.42. The van der Waals surface area contributed by atoms with Gasteiger partial charge in [0.25, 0.3) is 5.91 Å². The summed E-state index contributed by atoms with van der Waals surface area (Å²) >= 11 is 1.33. The lowest BCUT2D eigenvalue weighted by atomic mass is 9.94. The number of para-hydroxylation sites is 1. The standard InChI is InChI=1S/C27H32N2O4S/c1-2-28(21-11-4-3-5-12-21)25(30)18-33-27(32)22-13-7-9-15-24(22)34-19-26(31)29-17-16-20-10-6-8-14-23(20)29/h6-10,13-15,21H,2-5,11-12,16-19H2,1H3. The first kappa shape index (κ1) is 24.3. The van der Waals surface area contributed by atoms with Crippen molar-refractivity contribution in [3.8, 4) is 0 Å². The minimum absolute atomic E-state index is 0.0133. The van der Waals surface area contributed by atoms with Gasteiger partial charge in [-0.1, -0.05) is 49.6 Å². The zero-order valence-electron chi connectivity index (χ0n) is 19.7. The summed E-state index contributed by atoms with van der Waals surface area (Å²) in [5, 5.41) is 0. The van der Waals surface area contributed by atoms with Crippen LogP contribution >= 0.6 is 11.8 Å². The molecule has 0 atom stereocenters. The van der Waals surface area contributed by atoms with Crippen LogP contribution in [-0.4, -0.2) is 54.2 Å². The quantitative estimate of drug-likeness (QED) is 0.405. The van der Waals surface area contributed by atoms with E-state index in [2.05, 4.69) is 6.07 Å². The second-order valence-electron chi connectivity index (χ2n) is 8.76. The van der Waals surface area contributed by atoms with Crippen molar-refractivity contribution >= 4 is 35.2 Å². The van der Waals surface area contributed by atoms with E-state index in [0.29, 0.717) is 23.5 Å². The number of carbonyl (C=O) groups is 3. The van der Waals surface area contributed by atoms with Crippen molar-refractivity contribution < 1.29 is 19.1 Å². The third-order valence-corrected chi connectivity index (χ3v) is 7.71. The highest BCUT2D eigenvalue weighted by Crippen LogP contribution is 2.30. The topological polar surface area (TPSA) is 66.9 Å². The number of benzene rings is 2. The molecule has 1 heterocycles.